The van der Waals surface area contributed by atoms with Crippen molar-refractivity contribution < 1.29 is 0 Å². The molecule has 2 aromatic heterocycles. The summed E-state index contributed by atoms with van der Waals surface area (Å²) in [6.07, 6.45) is 4.73. The Morgan fingerprint density at radius 3 is 3.08 bits per heavy atom. The Labute approximate surface area is 71.8 Å². The molecule has 0 radical (unpaired) electrons. The highest BCUT2D eigenvalue weighted by Gasteiger charge is 1.99. The Hall–Kier alpha value is -1.32. The minimum absolute atomic E-state index is 0.937. The first-order valence-corrected chi connectivity index (χ1v) is 4.10. The van der Waals surface area contributed by atoms with Crippen LogP contribution in [0.1, 0.15) is 11.3 Å². The molecule has 12 heavy (non-hydrogen) atoms. The van der Waals surface area contributed by atoms with E-state index in [4.69, 9.17) is 0 Å². The van der Waals surface area contributed by atoms with E-state index in [1.807, 2.05) is 23.8 Å². The predicted molar refractivity (Wildman–Crippen MR) is 50.0 cm³/mol. The van der Waals surface area contributed by atoms with Crippen molar-refractivity contribution in [2.24, 2.45) is 0 Å². The zero-order chi connectivity index (χ0) is 8.55. The smallest absolute Gasteiger partial charge is 0.153 e. The van der Waals surface area contributed by atoms with E-state index in [0.717, 1.165) is 17.7 Å². The maximum atomic E-state index is 4.27. The van der Waals surface area contributed by atoms with Crippen molar-refractivity contribution in [3.05, 3.63) is 29.7 Å². The standard InChI is InChI=1S/C8H10BN3/c1-6-4-10-8-2-7(3-9)5-11-12(6)8/h2,4-5H,3,9H2,1H3. The van der Waals surface area contributed by atoms with Crippen LogP contribution >= 0.6 is 0 Å². The first-order valence-electron chi connectivity index (χ1n) is 4.10. The van der Waals surface area contributed by atoms with Crippen LogP contribution < -0.4 is 0 Å². The van der Waals surface area contributed by atoms with E-state index in [9.17, 15) is 0 Å². The number of nitrogens with zero attached hydrogens (tertiary/aromatic N) is 3. The third kappa shape index (κ3) is 0.997. The number of aromatic nitrogens is 3. The lowest BCUT2D eigenvalue weighted by atomic mass is 9.99. The molecule has 2 heterocycles. The predicted octanol–water partition coefficient (Wildman–Crippen LogP) is 0.171. The van der Waals surface area contributed by atoms with Crippen molar-refractivity contribution in [3.8, 4) is 0 Å². The van der Waals surface area contributed by atoms with Gasteiger partial charge in [-0.1, -0.05) is 6.32 Å². The molecule has 0 atom stereocenters. The topological polar surface area (TPSA) is 30.2 Å². The Bertz CT molecular complexity index is 408. The van der Waals surface area contributed by atoms with Crippen LogP contribution in [-0.4, -0.2) is 22.4 Å². The second-order valence-corrected chi connectivity index (χ2v) is 2.89. The summed E-state index contributed by atoms with van der Waals surface area (Å²) in [7, 11) is 2.11. The van der Waals surface area contributed by atoms with E-state index in [1.54, 1.807) is 0 Å². The summed E-state index contributed by atoms with van der Waals surface area (Å²) in [4.78, 5) is 4.23. The molecule has 0 fully saturated rings. The molecule has 0 unspecified atom stereocenters. The van der Waals surface area contributed by atoms with E-state index >= 15 is 0 Å². The third-order valence-electron chi connectivity index (χ3n) is 2.00. The lowest BCUT2D eigenvalue weighted by Crippen LogP contribution is -1.95. The minimum Gasteiger partial charge on any atom is -0.235 e. The quantitative estimate of drug-likeness (QED) is 0.555. The minimum atomic E-state index is 0.937. The van der Waals surface area contributed by atoms with Crippen LogP contribution in [0.4, 0.5) is 0 Å². The van der Waals surface area contributed by atoms with Gasteiger partial charge in [0.1, 0.15) is 7.85 Å². The van der Waals surface area contributed by atoms with Gasteiger partial charge in [-0.3, -0.25) is 0 Å². The van der Waals surface area contributed by atoms with Gasteiger partial charge in [-0.15, -0.1) is 0 Å². The van der Waals surface area contributed by atoms with Crippen molar-refractivity contribution in [1.82, 2.24) is 14.6 Å². The summed E-state index contributed by atoms with van der Waals surface area (Å²) >= 11 is 0. The summed E-state index contributed by atoms with van der Waals surface area (Å²) < 4.78 is 1.85. The van der Waals surface area contributed by atoms with Crippen molar-refractivity contribution >= 4 is 13.5 Å². The van der Waals surface area contributed by atoms with Crippen molar-refractivity contribution in [3.63, 3.8) is 0 Å². The van der Waals surface area contributed by atoms with Gasteiger partial charge in [0.2, 0.25) is 0 Å². The number of imidazole rings is 1. The van der Waals surface area contributed by atoms with Gasteiger partial charge in [0.15, 0.2) is 5.65 Å². The van der Waals surface area contributed by atoms with Crippen molar-refractivity contribution in [2.45, 2.75) is 13.2 Å². The van der Waals surface area contributed by atoms with Gasteiger partial charge in [-0.05, 0) is 18.6 Å². The number of aryl methyl sites for hydroxylation is 1. The highest BCUT2D eigenvalue weighted by molar-refractivity contribution is 6.08. The summed E-state index contributed by atoms with van der Waals surface area (Å²) in [5.74, 6) is 0. The highest BCUT2D eigenvalue weighted by atomic mass is 15.2. The number of rotatable bonds is 1. The largest absolute Gasteiger partial charge is 0.235 e. The van der Waals surface area contributed by atoms with E-state index in [0.29, 0.717) is 0 Å². The average Bonchev–Trinajstić information content (AvgIpc) is 2.47. The maximum absolute atomic E-state index is 4.27. The monoisotopic (exact) mass is 159 g/mol. The first-order chi connectivity index (χ1) is 5.81. The van der Waals surface area contributed by atoms with Gasteiger partial charge in [-0.2, -0.15) is 5.10 Å². The Balaban J connectivity index is 2.69. The Morgan fingerprint density at radius 2 is 2.33 bits per heavy atom. The summed E-state index contributed by atoms with van der Waals surface area (Å²) in [5, 5.41) is 4.27. The van der Waals surface area contributed by atoms with Crippen LogP contribution in [0.3, 0.4) is 0 Å². The molecule has 4 heteroatoms. The molecule has 0 N–H and O–H groups in total. The van der Waals surface area contributed by atoms with Crippen molar-refractivity contribution in [1.29, 1.82) is 0 Å². The van der Waals surface area contributed by atoms with Gasteiger partial charge in [0.05, 0.1) is 18.1 Å². The van der Waals surface area contributed by atoms with E-state index < -0.39 is 0 Å². The molecule has 0 aliphatic heterocycles. The van der Waals surface area contributed by atoms with Gasteiger partial charge in [0, 0.05) is 0 Å². The molecule has 0 aliphatic carbocycles. The fourth-order valence-electron chi connectivity index (χ4n) is 1.23. The second-order valence-electron chi connectivity index (χ2n) is 2.89. The zero-order valence-electron chi connectivity index (χ0n) is 7.28. The Morgan fingerprint density at radius 1 is 1.50 bits per heavy atom. The van der Waals surface area contributed by atoms with Gasteiger partial charge in [0.25, 0.3) is 0 Å². The highest BCUT2D eigenvalue weighted by Crippen LogP contribution is 2.05. The number of hydrogen-bond acceptors (Lipinski definition) is 2. The third-order valence-corrected chi connectivity index (χ3v) is 2.00. The van der Waals surface area contributed by atoms with Crippen LogP contribution in [0.15, 0.2) is 18.5 Å². The molecule has 2 aromatic rings. The Kier molecular flexibility index (Phi) is 1.61. The first kappa shape index (κ1) is 7.34. The molecular weight excluding hydrogens is 149 g/mol. The van der Waals surface area contributed by atoms with Crippen LogP contribution in [0.2, 0.25) is 0 Å². The summed E-state index contributed by atoms with van der Waals surface area (Å²) in [6, 6.07) is 2.07. The van der Waals surface area contributed by atoms with Crippen LogP contribution in [0, 0.1) is 6.92 Å². The van der Waals surface area contributed by atoms with E-state index in [1.165, 1.54) is 5.56 Å². The number of fused-ring (bicyclic) bond motifs is 1. The van der Waals surface area contributed by atoms with E-state index in [-0.39, 0.29) is 0 Å². The second kappa shape index (κ2) is 2.62. The summed E-state index contributed by atoms with van der Waals surface area (Å²) in [6.45, 7) is 2.00. The van der Waals surface area contributed by atoms with Gasteiger partial charge < -0.3 is 0 Å². The molecule has 0 bridgehead atoms. The normalized spacial score (nSPS) is 10.8. The SMILES string of the molecule is BCc1cnn2c(C)cnc2c1. The van der Waals surface area contributed by atoms with E-state index in [2.05, 4.69) is 24.0 Å². The molecule has 0 saturated carbocycles. The van der Waals surface area contributed by atoms with Crippen molar-refractivity contribution in [2.75, 3.05) is 0 Å². The molecule has 0 aromatic carbocycles. The van der Waals surface area contributed by atoms with Gasteiger partial charge >= 0.3 is 0 Å². The summed E-state index contributed by atoms with van der Waals surface area (Å²) in [5.41, 5.74) is 3.24. The molecule has 0 spiro atoms. The fraction of sp³-hybridized carbons (Fsp3) is 0.250. The lowest BCUT2D eigenvalue weighted by molar-refractivity contribution is 0.890. The molecular formula is C8H10BN3. The van der Waals surface area contributed by atoms with Crippen LogP contribution in [-0.2, 0) is 6.32 Å². The maximum Gasteiger partial charge on any atom is 0.153 e. The van der Waals surface area contributed by atoms with Gasteiger partial charge in [-0.25, -0.2) is 9.50 Å². The molecule has 2 rings (SSSR count). The van der Waals surface area contributed by atoms with Crippen LogP contribution in [0.25, 0.3) is 5.65 Å². The van der Waals surface area contributed by atoms with Crippen LogP contribution in [0.5, 0.6) is 0 Å². The number of hydrogen-bond donors (Lipinski definition) is 0. The molecule has 0 amide bonds. The lowest BCUT2D eigenvalue weighted by Gasteiger charge is -1.97. The molecule has 3 nitrogen and oxygen atoms in total. The molecule has 60 valence electrons. The molecule has 0 saturated heterocycles. The molecule has 0 aliphatic rings. The zero-order valence-corrected chi connectivity index (χ0v) is 7.28. The fourth-order valence-corrected chi connectivity index (χ4v) is 1.23. The average molecular weight is 159 g/mol.